The van der Waals surface area contributed by atoms with Gasteiger partial charge in [-0.2, -0.15) is 0 Å². The topological polar surface area (TPSA) is 82.1 Å². The molecule has 1 aliphatic heterocycles. The highest BCUT2D eigenvalue weighted by Gasteiger charge is 2.29. The molecule has 2 heterocycles. The van der Waals surface area contributed by atoms with Gasteiger partial charge in [-0.3, -0.25) is 9.89 Å². The van der Waals surface area contributed by atoms with Crippen LogP contribution in [0.25, 0.3) is 0 Å². The molecule has 1 saturated heterocycles. The summed E-state index contributed by atoms with van der Waals surface area (Å²) in [7, 11) is 0. The van der Waals surface area contributed by atoms with Crippen LogP contribution >= 0.6 is 0 Å². The quantitative estimate of drug-likeness (QED) is 0.859. The van der Waals surface area contributed by atoms with E-state index in [0.29, 0.717) is 12.4 Å². The SMILES string of the molecule is CC(C)(C)c1nc(C(=O)N2CCCCCC2CO)n[nH]1. The summed E-state index contributed by atoms with van der Waals surface area (Å²) in [6.45, 7) is 6.73. The summed E-state index contributed by atoms with van der Waals surface area (Å²) in [5, 5.41) is 16.4. The molecule has 0 saturated carbocycles. The number of nitrogens with one attached hydrogen (secondary N) is 1. The first-order valence-corrected chi connectivity index (χ1v) is 7.28. The Balaban J connectivity index is 2.18. The zero-order valence-corrected chi connectivity index (χ0v) is 12.5. The number of likely N-dealkylation sites (tertiary alicyclic amines) is 1. The monoisotopic (exact) mass is 280 g/mol. The Kier molecular flexibility index (Phi) is 4.42. The van der Waals surface area contributed by atoms with E-state index in [4.69, 9.17) is 0 Å². The summed E-state index contributed by atoms with van der Waals surface area (Å²) in [5.74, 6) is 0.726. The number of hydrogen-bond donors (Lipinski definition) is 2. The maximum Gasteiger partial charge on any atom is 0.293 e. The van der Waals surface area contributed by atoms with Crippen molar-refractivity contribution in [3.63, 3.8) is 0 Å². The minimum atomic E-state index is -0.183. The normalized spacial score (nSPS) is 20.8. The lowest BCUT2D eigenvalue weighted by molar-refractivity contribution is 0.0588. The number of nitrogens with zero attached hydrogens (tertiary/aromatic N) is 3. The Bertz CT molecular complexity index is 464. The molecule has 1 fully saturated rings. The molecule has 112 valence electrons. The van der Waals surface area contributed by atoms with Crippen LogP contribution in [-0.2, 0) is 5.41 Å². The van der Waals surface area contributed by atoms with Gasteiger partial charge in [-0.05, 0) is 12.8 Å². The van der Waals surface area contributed by atoms with E-state index >= 15 is 0 Å². The van der Waals surface area contributed by atoms with E-state index in [1.54, 1.807) is 4.90 Å². The van der Waals surface area contributed by atoms with Gasteiger partial charge in [0.15, 0.2) is 0 Å². The van der Waals surface area contributed by atoms with E-state index in [1.165, 1.54) is 0 Å². The average molecular weight is 280 g/mol. The van der Waals surface area contributed by atoms with Crippen molar-refractivity contribution in [1.82, 2.24) is 20.1 Å². The molecule has 2 N–H and O–H groups in total. The third kappa shape index (κ3) is 3.17. The van der Waals surface area contributed by atoms with E-state index in [9.17, 15) is 9.90 Å². The molecule has 2 rings (SSSR count). The van der Waals surface area contributed by atoms with Crippen LogP contribution in [0.15, 0.2) is 0 Å². The van der Waals surface area contributed by atoms with Gasteiger partial charge in [0.05, 0.1) is 12.6 Å². The van der Waals surface area contributed by atoms with Crippen molar-refractivity contribution >= 4 is 5.91 Å². The highest BCUT2D eigenvalue weighted by molar-refractivity contribution is 5.90. The first kappa shape index (κ1) is 15.0. The fourth-order valence-electron chi connectivity index (χ4n) is 2.46. The van der Waals surface area contributed by atoms with Crippen LogP contribution in [0.1, 0.15) is 62.9 Å². The van der Waals surface area contributed by atoms with Gasteiger partial charge >= 0.3 is 0 Å². The summed E-state index contributed by atoms with van der Waals surface area (Å²) in [5.41, 5.74) is -0.166. The highest BCUT2D eigenvalue weighted by Crippen LogP contribution is 2.20. The lowest BCUT2D eigenvalue weighted by Crippen LogP contribution is -2.42. The van der Waals surface area contributed by atoms with E-state index in [0.717, 1.165) is 25.7 Å². The molecule has 6 nitrogen and oxygen atoms in total. The average Bonchev–Trinajstić information content (AvgIpc) is 2.77. The first-order chi connectivity index (χ1) is 9.43. The minimum absolute atomic E-state index is 0.00227. The van der Waals surface area contributed by atoms with Gasteiger partial charge in [0, 0.05) is 12.0 Å². The summed E-state index contributed by atoms with van der Waals surface area (Å²) in [6, 6.07) is -0.110. The second kappa shape index (κ2) is 5.91. The van der Waals surface area contributed by atoms with Gasteiger partial charge < -0.3 is 10.0 Å². The molecule has 6 heteroatoms. The zero-order chi connectivity index (χ0) is 14.8. The lowest BCUT2D eigenvalue weighted by atomic mass is 9.96. The number of amides is 1. The lowest BCUT2D eigenvalue weighted by Gasteiger charge is -2.27. The van der Waals surface area contributed by atoms with E-state index < -0.39 is 0 Å². The molecule has 1 aliphatic rings. The molecule has 0 aromatic carbocycles. The number of hydrogen-bond acceptors (Lipinski definition) is 4. The number of H-pyrrole nitrogens is 1. The number of aromatic nitrogens is 3. The van der Waals surface area contributed by atoms with Gasteiger partial charge in [0.1, 0.15) is 5.82 Å². The predicted octanol–water partition coefficient (Wildman–Crippen LogP) is 1.48. The van der Waals surface area contributed by atoms with Crippen LogP contribution in [0, 0.1) is 0 Å². The maximum absolute atomic E-state index is 12.5. The Labute approximate surface area is 119 Å². The van der Waals surface area contributed by atoms with Crippen LogP contribution in [0.2, 0.25) is 0 Å². The van der Waals surface area contributed by atoms with Gasteiger partial charge in [-0.1, -0.05) is 33.6 Å². The molecule has 1 amide bonds. The number of carbonyl (C=O) groups excluding carboxylic acids is 1. The molecule has 1 unspecified atom stereocenters. The Hall–Kier alpha value is -1.43. The number of aromatic amines is 1. The summed E-state index contributed by atoms with van der Waals surface area (Å²) in [4.78, 5) is 18.6. The molecular weight excluding hydrogens is 256 g/mol. The van der Waals surface area contributed by atoms with Crippen molar-refractivity contribution in [2.45, 2.75) is 57.9 Å². The van der Waals surface area contributed by atoms with E-state index in [2.05, 4.69) is 15.2 Å². The molecule has 0 radical (unpaired) electrons. The summed E-state index contributed by atoms with van der Waals surface area (Å²) >= 11 is 0. The number of rotatable bonds is 2. The molecule has 1 aromatic rings. The molecule has 0 bridgehead atoms. The van der Waals surface area contributed by atoms with Crippen molar-refractivity contribution in [1.29, 1.82) is 0 Å². The molecule has 20 heavy (non-hydrogen) atoms. The van der Waals surface area contributed by atoms with Crippen molar-refractivity contribution in [2.75, 3.05) is 13.2 Å². The number of aliphatic hydroxyl groups excluding tert-OH is 1. The van der Waals surface area contributed by atoms with Gasteiger partial charge in [0.2, 0.25) is 5.82 Å². The van der Waals surface area contributed by atoms with Gasteiger partial charge in [-0.15, -0.1) is 5.10 Å². The largest absolute Gasteiger partial charge is 0.394 e. The van der Waals surface area contributed by atoms with Crippen molar-refractivity contribution in [3.8, 4) is 0 Å². The Morgan fingerprint density at radius 2 is 2.15 bits per heavy atom. The van der Waals surface area contributed by atoms with Crippen LogP contribution in [0.5, 0.6) is 0 Å². The zero-order valence-electron chi connectivity index (χ0n) is 12.5. The van der Waals surface area contributed by atoms with Crippen LogP contribution in [-0.4, -0.2) is 50.3 Å². The predicted molar refractivity (Wildman–Crippen MR) is 75.5 cm³/mol. The van der Waals surface area contributed by atoms with Gasteiger partial charge in [-0.25, -0.2) is 4.98 Å². The van der Waals surface area contributed by atoms with Gasteiger partial charge in [0.25, 0.3) is 5.91 Å². The fourth-order valence-corrected chi connectivity index (χ4v) is 2.46. The van der Waals surface area contributed by atoms with Crippen molar-refractivity contribution in [2.24, 2.45) is 0 Å². The summed E-state index contributed by atoms with van der Waals surface area (Å²) < 4.78 is 0. The standard InChI is InChI=1S/C14H24N4O2/c1-14(2,3)13-15-11(16-17-13)12(20)18-8-6-4-5-7-10(18)9-19/h10,19H,4-9H2,1-3H3,(H,15,16,17). The Morgan fingerprint density at radius 3 is 2.75 bits per heavy atom. The summed E-state index contributed by atoms with van der Waals surface area (Å²) in [6.07, 6.45) is 3.97. The molecular formula is C14H24N4O2. The van der Waals surface area contributed by atoms with Crippen molar-refractivity contribution < 1.29 is 9.90 Å². The maximum atomic E-state index is 12.5. The van der Waals surface area contributed by atoms with Crippen LogP contribution in [0.4, 0.5) is 0 Å². The van der Waals surface area contributed by atoms with E-state index in [-0.39, 0.29) is 29.8 Å². The fraction of sp³-hybridized carbons (Fsp3) is 0.786. The van der Waals surface area contributed by atoms with Crippen molar-refractivity contribution in [3.05, 3.63) is 11.6 Å². The highest BCUT2D eigenvalue weighted by atomic mass is 16.3. The molecule has 1 atom stereocenters. The first-order valence-electron chi connectivity index (χ1n) is 7.28. The molecule has 0 aliphatic carbocycles. The number of aliphatic hydroxyl groups is 1. The smallest absolute Gasteiger partial charge is 0.293 e. The minimum Gasteiger partial charge on any atom is -0.394 e. The van der Waals surface area contributed by atoms with Crippen LogP contribution in [0.3, 0.4) is 0 Å². The molecule has 0 spiro atoms. The Morgan fingerprint density at radius 1 is 1.40 bits per heavy atom. The second-order valence-corrected chi connectivity index (χ2v) is 6.44. The number of carbonyl (C=O) groups is 1. The van der Waals surface area contributed by atoms with Crippen LogP contribution < -0.4 is 0 Å². The second-order valence-electron chi connectivity index (χ2n) is 6.44. The third-order valence-corrected chi connectivity index (χ3v) is 3.74. The molecule has 1 aromatic heterocycles. The van der Waals surface area contributed by atoms with E-state index in [1.807, 2.05) is 20.8 Å². The third-order valence-electron chi connectivity index (χ3n) is 3.74.